The molecule has 0 saturated carbocycles. The number of anilines is 1. The summed E-state index contributed by atoms with van der Waals surface area (Å²) in [5.41, 5.74) is 0.815. The number of rotatable bonds is 5. The van der Waals surface area contributed by atoms with E-state index in [0.29, 0.717) is 19.6 Å². The summed E-state index contributed by atoms with van der Waals surface area (Å²) < 4.78 is 5.37. The minimum atomic E-state index is -0.0534. The zero-order valence-corrected chi connectivity index (χ0v) is 12.8. The lowest BCUT2D eigenvalue weighted by Crippen LogP contribution is -2.51. The van der Waals surface area contributed by atoms with Gasteiger partial charge in [0.1, 0.15) is 5.76 Å². The van der Waals surface area contributed by atoms with Crippen molar-refractivity contribution in [1.82, 2.24) is 10.2 Å². The number of benzene rings is 1. The summed E-state index contributed by atoms with van der Waals surface area (Å²) in [5, 5.41) is 2.76. The summed E-state index contributed by atoms with van der Waals surface area (Å²) in [4.78, 5) is 27.8. The number of carbonyl (C=O) groups is 2. The topological polar surface area (TPSA) is 65.8 Å². The number of nitrogens with one attached hydrogen (secondary N) is 1. The molecule has 6 heteroatoms. The number of amides is 2. The van der Waals surface area contributed by atoms with E-state index < -0.39 is 0 Å². The van der Waals surface area contributed by atoms with Gasteiger partial charge in [0.05, 0.1) is 25.9 Å². The van der Waals surface area contributed by atoms with Crippen LogP contribution in [0.4, 0.5) is 5.69 Å². The summed E-state index contributed by atoms with van der Waals surface area (Å²) in [6.45, 7) is 2.10. The van der Waals surface area contributed by atoms with Crippen molar-refractivity contribution in [1.29, 1.82) is 0 Å². The zero-order valence-electron chi connectivity index (χ0n) is 12.8. The number of carbonyl (C=O) groups excluding carboxylic acids is 2. The van der Waals surface area contributed by atoms with Gasteiger partial charge in [-0.1, -0.05) is 18.2 Å². The van der Waals surface area contributed by atoms with Crippen LogP contribution in [-0.4, -0.2) is 42.9 Å². The van der Waals surface area contributed by atoms with E-state index >= 15 is 0 Å². The Morgan fingerprint density at radius 3 is 2.74 bits per heavy atom. The second-order valence-corrected chi connectivity index (χ2v) is 5.46. The van der Waals surface area contributed by atoms with E-state index in [9.17, 15) is 9.59 Å². The predicted molar refractivity (Wildman–Crippen MR) is 85.8 cm³/mol. The van der Waals surface area contributed by atoms with Crippen molar-refractivity contribution in [2.45, 2.75) is 6.54 Å². The third-order valence-corrected chi connectivity index (χ3v) is 3.74. The lowest BCUT2D eigenvalue weighted by atomic mass is 10.2. The maximum atomic E-state index is 12.8. The molecule has 120 valence electrons. The molecule has 2 heterocycles. The Bertz CT molecular complexity index is 655. The van der Waals surface area contributed by atoms with Crippen LogP contribution in [0.2, 0.25) is 0 Å². The molecule has 6 nitrogen and oxygen atoms in total. The zero-order chi connectivity index (χ0) is 16.1. The van der Waals surface area contributed by atoms with Crippen molar-refractivity contribution in [2.24, 2.45) is 0 Å². The number of piperazine rings is 1. The van der Waals surface area contributed by atoms with Crippen LogP contribution >= 0.6 is 0 Å². The van der Waals surface area contributed by atoms with Gasteiger partial charge >= 0.3 is 0 Å². The second kappa shape index (κ2) is 7.11. The van der Waals surface area contributed by atoms with E-state index in [2.05, 4.69) is 5.32 Å². The summed E-state index contributed by atoms with van der Waals surface area (Å²) in [7, 11) is 0. The van der Waals surface area contributed by atoms with Gasteiger partial charge in [-0.2, -0.15) is 0 Å². The largest absolute Gasteiger partial charge is 0.467 e. The molecule has 1 aromatic heterocycles. The Morgan fingerprint density at radius 2 is 2.04 bits per heavy atom. The maximum Gasteiger partial charge on any atom is 0.241 e. The number of hydrogen-bond donors (Lipinski definition) is 1. The molecular formula is C17H19N3O3. The summed E-state index contributed by atoms with van der Waals surface area (Å²) in [5.74, 6) is 0.627. The Morgan fingerprint density at radius 1 is 1.22 bits per heavy atom. The van der Waals surface area contributed by atoms with Gasteiger partial charge in [-0.25, -0.2) is 0 Å². The molecule has 23 heavy (non-hydrogen) atoms. The Balaban J connectivity index is 1.74. The highest BCUT2D eigenvalue weighted by atomic mass is 16.3. The number of hydrogen-bond acceptors (Lipinski definition) is 4. The molecule has 0 aliphatic carbocycles. The number of furan rings is 1. The van der Waals surface area contributed by atoms with Crippen LogP contribution in [0, 0.1) is 0 Å². The first kappa shape index (κ1) is 15.3. The molecule has 0 bridgehead atoms. The van der Waals surface area contributed by atoms with Gasteiger partial charge in [0.15, 0.2) is 0 Å². The van der Waals surface area contributed by atoms with Crippen molar-refractivity contribution >= 4 is 17.5 Å². The van der Waals surface area contributed by atoms with Crippen LogP contribution in [0.25, 0.3) is 0 Å². The first-order valence-corrected chi connectivity index (χ1v) is 7.59. The molecule has 1 aliphatic rings. The molecule has 3 rings (SSSR count). The molecule has 1 N–H and O–H groups in total. The molecule has 0 spiro atoms. The smallest absolute Gasteiger partial charge is 0.241 e. The third kappa shape index (κ3) is 3.98. The van der Waals surface area contributed by atoms with Crippen molar-refractivity contribution < 1.29 is 14.0 Å². The lowest BCUT2D eigenvalue weighted by molar-refractivity contribution is -0.126. The average Bonchev–Trinajstić information content (AvgIpc) is 3.06. The van der Waals surface area contributed by atoms with Gasteiger partial charge in [0.2, 0.25) is 11.8 Å². The van der Waals surface area contributed by atoms with Crippen LogP contribution in [0.15, 0.2) is 53.1 Å². The Labute approximate surface area is 134 Å². The van der Waals surface area contributed by atoms with E-state index in [1.54, 1.807) is 17.2 Å². The molecule has 2 aromatic rings. The number of para-hydroxylation sites is 1. The van der Waals surface area contributed by atoms with E-state index in [1.807, 2.05) is 41.3 Å². The van der Waals surface area contributed by atoms with Gasteiger partial charge in [0, 0.05) is 18.8 Å². The normalized spacial score (nSPS) is 15.2. The monoisotopic (exact) mass is 313 g/mol. The Kier molecular flexibility index (Phi) is 4.73. The van der Waals surface area contributed by atoms with Gasteiger partial charge in [0.25, 0.3) is 0 Å². The molecule has 0 radical (unpaired) electrons. The van der Waals surface area contributed by atoms with Crippen LogP contribution in [0.3, 0.4) is 0 Å². The number of nitrogens with zero attached hydrogens (tertiary/aromatic N) is 2. The van der Waals surface area contributed by atoms with Crippen LogP contribution in [0.5, 0.6) is 0 Å². The molecule has 2 amide bonds. The van der Waals surface area contributed by atoms with Crippen molar-refractivity contribution in [3.8, 4) is 0 Å². The van der Waals surface area contributed by atoms with Crippen molar-refractivity contribution in [3.05, 3.63) is 54.5 Å². The maximum absolute atomic E-state index is 12.8. The van der Waals surface area contributed by atoms with E-state index in [0.717, 1.165) is 11.4 Å². The van der Waals surface area contributed by atoms with E-state index in [1.165, 1.54) is 0 Å². The fraction of sp³-hybridized carbons (Fsp3) is 0.294. The van der Waals surface area contributed by atoms with E-state index in [4.69, 9.17) is 4.42 Å². The highest BCUT2D eigenvalue weighted by Gasteiger charge is 2.23. The first-order valence-electron chi connectivity index (χ1n) is 7.59. The third-order valence-electron chi connectivity index (χ3n) is 3.74. The molecule has 1 fully saturated rings. The second-order valence-electron chi connectivity index (χ2n) is 5.46. The molecular weight excluding hydrogens is 294 g/mol. The molecule has 1 aromatic carbocycles. The minimum Gasteiger partial charge on any atom is -0.467 e. The predicted octanol–water partition coefficient (Wildman–Crippen LogP) is 1.24. The van der Waals surface area contributed by atoms with Crippen molar-refractivity contribution in [3.63, 3.8) is 0 Å². The Hall–Kier alpha value is -2.60. The van der Waals surface area contributed by atoms with Crippen molar-refractivity contribution in [2.75, 3.05) is 31.1 Å². The van der Waals surface area contributed by atoms with Gasteiger partial charge in [-0.3, -0.25) is 14.5 Å². The standard InChI is InChI=1S/C17H19N3O3/c21-16-12-19(9-8-18-16)13-17(22)20(11-15-7-4-10-23-15)14-5-2-1-3-6-14/h1-7,10H,8-9,11-13H2,(H,18,21). The highest BCUT2D eigenvalue weighted by Crippen LogP contribution is 2.18. The fourth-order valence-corrected chi connectivity index (χ4v) is 2.59. The average molecular weight is 313 g/mol. The minimum absolute atomic E-state index is 0.0404. The van der Waals surface area contributed by atoms with Crippen LogP contribution in [0.1, 0.15) is 5.76 Å². The van der Waals surface area contributed by atoms with Gasteiger partial charge in [-0.15, -0.1) is 0 Å². The molecule has 0 unspecified atom stereocenters. The van der Waals surface area contributed by atoms with Crippen LogP contribution < -0.4 is 10.2 Å². The fourth-order valence-electron chi connectivity index (χ4n) is 2.59. The SMILES string of the molecule is O=C1CN(CC(=O)N(Cc2ccco2)c2ccccc2)CCN1. The highest BCUT2D eigenvalue weighted by molar-refractivity contribution is 5.95. The van der Waals surface area contributed by atoms with E-state index in [-0.39, 0.29) is 24.9 Å². The summed E-state index contributed by atoms with van der Waals surface area (Å²) in [6, 6.07) is 13.1. The lowest BCUT2D eigenvalue weighted by Gasteiger charge is -2.29. The first-order chi connectivity index (χ1) is 11.2. The van der Waals surface area contributed by atoms with Crippen LogP contribution in [-0.2, 0) is 16.1 Å². The molecule has 0 atom stereocenters. The van der Waals surface area contributed by atoms with Gasteiger partial charge < -0.3 is 14.6 Å². The van der Waals surface area contributed by atoms with Gasteiger partial charge in [-0.05, 0) is 24.3 Å². The summed E-state index contributed by atoms with van der Waals surface area (Å²) in [6.07, 6.45) is 1.60. The quantitative estimate of drug-likeness (QED) is 0.902. The molecule has 1 saturated heterocycles. The summed E-state index contributed by atoms with van der Waals surface area (Å²) >= 11 is 0. The molecule has 1 aliphatic heterocycles.